The number of aromatic carboxylic acids is 2. The molecular weight excluding hydrogens is 626 g/mol. The topological polar surface area (TPSA) is 125 Å². The summed E-state index contributed by atoms with van der Waals surface area (Å²) in [7, 11) is 0. The van der Waals surface area contributed by atoms with Gasteiger partial charge in [0.1, 0.15) is 17.1 Å². The Morgan fingerprint density at radius 2 is 1.33 bits per heavy atom. The molecule has 208 valence electrons. The summed E-state index contributed by atoms with van der Waals surface area (Å²) in [6, 6.07) is 16.6. The molecule has 0 spiro atoms. The Hall–Kier alpha value is -4.27. The SMILES string of the molecule is O=C(O)c1ccc(-c2cc3c(-c4c(Cl)c(Cl)c(Cl)c(Cl)c4C(=O)O)c4c(cc(O)c5ccccc54)oc-3cc2=O)cc1. The van der Waals surface area contributed by atoms with E-state index >= 15 is 0 Å². The number of fused-ring (bicyclic) bond motifs is 4. The van der Waals surface area contributed by atoms with Crippen LogP contribution in [0.2, 0.25) is 20.1 Å². The summed E-state index contributed by atoms with van der Waals surface area (Å²) in [5.74, 6) is -2.62. The van der Waals surface area contributed by atoms with Crippen LogP contribution >= 0.6 is 46.4 Å². The van der Waals surface area contributed by atoms with Crippen molar-refractivity contribution in [2.24, 2.45) is 0 Å². The van der Waals surface area contributed by atoms with Gasteiger partial charge in [0.25, 0.3) is 0 Å². The van der Waals surface area contributed by atoms with Crippen molar-refractivity contribution in [1.29, 1.82) is 0 Å². The van der Waals surface area contributed by atoms with Crippen molar-refractivity contribution in [3.05, 3.63) is 108 Å². The highest BCUT2D eigenvalue weighted by Crippen LogP contribution is 2.52. The van der Waals surface area contributed by atoms with Gasteiger partial charge in [-0.2, -0.15) is 0 Å². The first-order valence-corrected chi connectivity index (χ1v) is 13.6. The molecule has 0 bridgehead atoms. The molecule has 0 fully saturated rings. The number of carboxylic acid groups (broad SMARTS) is 2. The van der Waals surface area contributed by atoms with Crippen LogP contribution in [0.15, 0.2) is 75.9 Å². The normalized spacial score (nSPS) is 11.4. The number of carbonyl (C=O) groups is 2. The summed E-state index contributed by atoms with van der Waals surface area (Å²) in [4.78, 5) is 37.3. The van der Waals surface area contributed by atoms with E-state index in [0.29, 0.717) is 21.7 Å². The molecule has 7 nitrogen and oxygen atoms in total. The smallest absolute Gasteiger partial charge is 0.337 e. The lowest BCUT2D eigenvalue weighted by atomic mass is 9.87. The van der Waals surface area contributed by atoms with Gasteiger partial charge < -0.3 is 19.7 Å². The fourth-order valence-corrected chi connectivity index (χ4v) is 6.14. The summed E-state index contributed by atoms with van der Waals surface area (Å²) < 4.78 is 6.12. The molecule has 6 rings (SSSR count). The molecule has 0 amide bonds. The van der Waals surface area contributed by atoms with Gasteiger partial charge in [-0.15, -0.1) is 0 Å². The van der Waals surface area contributed by atoms with E-state index in [2.05, 4.69) is 0 Å². The summed E-state index contributed by atoms with van der Waals surface area (Å²) >= 11 is 25.9. The molecule has 0 saturated heterocycles. The Bertz CT molecular complexity index is 2170. The molecule has 0 radical (unpaired) electrons. The standard InChI is InChI=1S/C31H14Cl4O7/c32-26-24(25(31(40)41)27(33)29(35)28(26)34)23-17-9-16(12-5-7-13(8-6-12)30(38)39)19(37)10-20(17)42-21-11-18(36)14-3-1-2-4-15(14)22(21)23/h1-11,36H,(H,38,39)(H,40,41). The van der Waals surface area contributed by atoms with Crippen LogP contribution in [0.5, 0.6) is 5.75 Å². The van der Waals surface area contributed by atoms with Gasteiger partial charge in [0.05, 0.1) is 31.2 Å². The van der Waals surface area contributed by atoms with Crippen LogP contribution < -0.4 is 5.43 Å². The van der Waals surface area contributed by atoms with E-state index in [4.69, 9.17) is 50.8 Å². The molecule has 4 aromatic rings. The van der Waals surface area contributed by atoms with Gasteiger partial charge in [0, 0.05) is 45.2 Å². The van der Waals surface area contributed by atoms with E-state index in [-0.39, 0.29) is 65.0 Å². The average Bonchev–Trinajstić information content (AvgIpc) is 2.96. The van der Waals surface area contributed by atoms with Crippen LogP contribution in [0.1, 0.15) is 20.7 Å². The molecule has 1 aliphatic heterocycles. The summed E-state index contributed by atoms with van der Waals surface area (Å²) in [6.07, 6.45) is 0. The van der Waals surface area contributed by atoms with Crippen molar-refractivity contribution in [1.82, 2.24) is 0 Å². The third-order valence-corrected chi connectivity index (χ3v) is 8.78. The van der Waals surface area contributed by atoms with Gasteiger partial charge in [0.15, 0.2) is 5.43 Å². The minimum Gasteiger partial charge on any atom is -0.507 e. The second-order valence-corrected chi connectivity index (χ2v) is 10.8. The first kappa shape index (κ1) is 27.9. The average molecular weight is 640 g/mol. The number of benzene rings is 5. The highest BCUT2D eigenvalue weighted by atomic mass is 35.5. The number of rotatable bonds is 4. The van der Waals surface area contributed by atoms with Crippen molar-refractivity contribution < 1.29 is 29.3 Å². The zero-order valence-electron chi connectivity index (χ0n) is 20.8. The number of phenols is 1. The van der Waals surface area contributed by atoms with Crippen LogP contribution in [0, 0.1) is 0 Å². The van der Waals surface area contributed by atoms with Crippen LogP contribution in [0.25, 0.3) is 55.3 Å². The number of phenolic OH excluding ortho intramolecular Hbond substituents is 1. The molecule has 0 atom stereocenters. The van der Waals surface area contributed by atoms with E-state index in [1.807, 2.05) is 0 Å². The van der Waals surface area contributed by atoms with Gasteiger partial charge >= 0.3 is 11.9 Å². The molecule has 0 saturated carbocycles. The van der Waals surface area contributed by atoms with Crippen molar-refractivity contribution in [3.63, 3.8) is 0 Å². The minimum absolute atomic E-state index is 0.0308. The predicted molar refractivity (Wildman–Crippen MR) is 163 cm³/mol. The fourth-order valence-electron chi connectivity index (χ4n) is 5.11. The van der Waals surface area contributed by atoms with Gasteiger partial charge in [-0.3, -0.25) is 4.79 Å². The van der Waals surface area contributed by atoms with Crippen molar-refractivity contribution in [2.45, 2.75) is 0 Å². The lowest BCUT2D eigenvalue weighted by molar-refractivity contribution is 0.0686. The van der Waals surface area contributed by atoms with Gasteiger partial charge in [-0.05, 0) is 29.1 Å². The van der Waals surface area contributed by atoms with Crippen molar-refractivity contribution in [3.8, 4) is 39.3 Å². The zero-order valence-corrected chi connectivity index (χ0v) is 23.9. The summed E-state index contributed by atoms with van der Waals surface area (Å²) in [6.45, 7) is 0. The Morgan fingerprint density at radius 1 is 0.690 bits per heavy atom. The maximum atomic E-state index is 13.3. The van der Waals surface area contributed by atoms with E-state index in [9.17, 15) is 29.7 Å². The Balaban J connectivity index is 1.87. The number of halogens is 4. The quantitative estimate of drug-likeness (QED) is 0.0760. The Morgan fingerprint density at radius 3 is 1.98 bits per heavy atom. The maximum Gasteiger partial charge on any atom is 0.337 e. The monoisotopic (exact) mass is 638 g/mol. The molecule has 3 N–H and O–H groups in total. The molecule has 11 heteroatoms. The number of aromatic hydroxyl groups is 1. The molecule has 4 aromatic carbocycles. The van der Waals surface area contributed by atoms with Gasteiger partial charge in [-0.25, -0.2) is 9.59 Å². The molecule has 1 heterocycles. The van der Waals surface area contributed by atoms with Crippen LogP contribution in [0.3, 0.4) is 0 Å². The van der Waals surface area contributed by atoms with E-state index < -0.39 is 22.9 Å². The van der Waals surface area contributed by atoms with E-state index in [0.717, 1.165) is 0 Å². The largest absolute Gasteiger partial charge is 0.507 e. The number of hydrogen-bond donors (Lipinski definition) is 3. The second-order valence-electron chi connectivity index (χ2n) is 9.33. The Kier molecular flexibility index (Phi) is 6.78. The molecule has 1 aliphatic carbocycles. The lowest BCUT2D eigenvalue weighted by Gasteiger charge is -2.21. The molecule has 0 unspecified atom stereocenters. The third kappa shape index (κ3) is 4.25. The van der Waals surface area contributed by atoms with Crippen LogP contribution in [-0.4, -0.2) is 27.3 Å². The van der Waals surface area contributed by atoms with Gasteiger partial charge in [-0.1, -0.05) is 82.8 Å². The van der Waals surface area contributed by atoms with Gasteiger partial charge in [0.2, 0.25) is 0 Å². The predicted octanol–water partition coefficient (Wildman–Crippen LogP) is 9.10. The van der Waals surface area contributed by atoms with Crippen LogP contribution in [0.4, 0.5) is 0 Å². The number of hydrogen-bond acceptors (Lipinski definition) is 5. The first-order chi connectivity index (χ1) is 20.0. The van der Waals surface area contributed by atoms with E-state index in [1.165, 1.54) is 42.5 Å². The fraction of sp³-hybridized carbons (Fsp3) is 0. The van der Waals surface area contributed by atoms with E-state index in [1.54, 1.807) is 24.3 Å². The van der Waals surface area contributed by atoms with Crippen molar-refractivity contribution in [2.75, 3.05) is 0 Å². The molecular formula is C31H14Cl4O7. The third-order valence-electron chi connectivity index (χ3n) is 6.98. The summed E-state index contributed by atoms with van der Waals surface area (Å²) in [5, 5.41) is 30.7. The van der Waals surface area contributed by atoms with Crippen molar-refractivity contribution >= 4 is 80.1 Å². The first-order valence-electron chi connectivity index (χ1n) is 12.1. The highest BCUT2D eigenvalue weighted by Gasteiger charge is 2.31. The maximum absolute atomic E-state index is 13.3. The highest BCUT2D eigenvalue weighted by molar-refractivity contribution is 6.54. The lowest BCUT2D eigenvalue weighted by Crippen LogP contribution is -2.08. The molecule has 42 heavy (non-hydrogen) atoms. The minimum atomic E-state index is -1.44. The second kappa shape index (κ2) is 10.2. The van der Waals surface area contributed by atoms with Crippen LogP contribution in [-0.2, 0) is 0 Å². The molecule has 0 aromatic heterocycles. The molecule has 2 aliphatic rings. The summed E-state index contributed by atoms with van der Waals surface area (Å²) in [5.41, 5.74) is 0.271. The number of carboxylic acids is 2. The Labute approximate surface area is 256 Å². The zero-order chi connectivity index (χ0) is 30.0.